The molecule has 16 heavy (non-hydrogen) atoms. The fourth-order valence-corrected chi connectivity index (χ4v) is 1.36. The van der Waals surface area contributed by atoms with E-state index in [-0.39, 0.29) is 6.23 Å². The molecule has 0 amide bonds. The van der Waals surface area contributed by atoms with Gasteiger partial charge < -0.3 is 14.6 Å². The fraction of sp³-hybridized carbons (Fsp3) is 0.600. The van der Waals surface area contributed by atoms with Crippen LogP contribution >= 0.6 is 0 Å². The van der Waals surface area contributed by atoms with Crippen LogP contribution in [-0.4, -0.2) is 54.5 Å². The van der Waals surface area contributed by atoms with Gasteiger partial charge in [0.1, 0.15) is 0 Å². The molecule has 1 heterocycles. The molecule has 1 N–H and O–H groups in total. The van der Waals surface area contributed by atoms with Gasteiger partial charge in [-0.15, -0.1) is 0 Å². The highest BCUT2D eigenvalue weighted by Crippen LogP contribution is 2.05. The fourth-order valence-electron chi connectivity index (χ4n) is 1.36. The average Bonchev–Trinajstić information content (AvgIpc) is 2.27. The Bertz CT molecular complexity index is 283. The molecule has 1 aliphatic heterocycles. The third-order valence-corrected chi connectivity index (χ3v) is 2.21. The number of rotatable bonds is 4. The van der Waals surface area contributed by atoms with Crippen molar-refractivity contribution in [3.05, 3.63) is 12.2 Å². The third-order valence-electron chi connectivity index (χ3n) is 2.21. The van der Waals surface area contributed by atoms with Gasteiger partial charge in [0.05, 0.1) is 13.2 Å². The Kier molecular flexibility index (Phi) is 4.94. The van der Waals surface area contributed by atoms with Gasteiger partial charge in [-0.3, -0.25) is 4.90 Å². The van der Waals surface area contributed by atoms with Crippen molar-refractivity contribution in [2.45, 2.75) is 13.2 Å². The lowest BCUT2D eigenvalue weighted by molar-refractivity contribution is -0.155. The molecule has 0 aromatic heterocycles. The molecule has 1 saturated heterocycles. The van der Waals surface area contributed by atoms with Crippen LogP contribution in [0.3, 0.4) is 0 Å². The second-order valence-corrected chi connectivity index (χ2v) is 3.36. The summed E-state index contributed by atoms with van der Waals surface area (Å²) in [5, 5.41) is 8.32. The van der Waals surface area contributed by atoms with Gasteiger partial charge >= 0.3 is 11.9 Å². The molecule has 6 nitrogen and oxygen atoms in total. The number of carbonyl (C=O) groups excluding carboxylic acids is 1. The van der Waals surface area contributed by atoms with Crippen LogP contribution in [0.5, 0.6) is 0 Å². The summed E-state index contributed by atoms with van der Waals surface area (Å²) in [6.07, 6.45) is 1.29. The molecule has 1 aliphatic rings. The molecule has 0 aliphatic carbocycles. The van der Waals surface area contributed by atoms with Crippen LogP contribution in [0, 0.1) is 0 Å². The van der Waals surface area contributed by atoms with Crippen LogP contribution in [0.1, 0.15) is 6.92 Å². The van der Waals surface area contributed by atoms with E-state index in [4.69, 9.17) is 14.6 Å². The number of morpholine rings is 1. The Labute approximate surface area is 93.4 Å². The molecule has 6 heteroatoms. The van der Waals surface area contributed by atoms with Crippen molar-refractivity contribution >= 4 is 11.9 Å². The number of hydrogen-bond donors (Lipinski definition) is 1. The first-order valence-corrected chi connectivity index (χ1v) is 5.03. The van der Waals surface area contributed by atoms with E-state index in [1.165, 1.54) is 0 Å². The van der Waals surface area contributed by atoms with E-state index in [2.05, 4.69) is 0 Å². The second-order valence-electron chi connectivity index (χ2n) is 3.36. The third kappa shape index (κ3) is 4.41. The summed E-state index contributed by atoms with van der Waals surface area (Å²) in [7, 11) is 0. The van der Waals surface area contributed by atoms with Crippen LogP contribution < -0.4 is 0 Å². The minimum absolute atomic E-state index is 0.366. The quantitative estimate of drug-likeness (QED) is 0.533. The zero-order chi connectivity index (χ0) is 12.0. The molecular formula is C10H15NO5. The minimum atomic E-state index is -1.17. The van der Waals surface area contributed by atoms with Gasteiger partial charge in [0.2, 0.25) is 0 Å². The lowest BCUT2D eigenvalue weighted by Gasteiger charge is -2.31. The number of carboxylic acids is 1. The minimum Gasteiger partial charge on any atom is -0.478 e. The highest BCUT2D eigenvalue weighted by molar-refractivity contribution is 5.90. The molecule has 0 bridgehead atoms. The maximum atomic E-state index is 11.2. The summed E-state index contributed by atoms with van der Waals surface area (Å²) in [5.41, 5.74) is 0. The summed E-state index contributed by atoms with van der Waals surface area (Å²) in [6.45, 7) is 4.39. The van der Waals surface area contributed by atoms with Crippen molar-refractivity contribution in [2.75, 3.05) is 26.3 Å². The number of esters is 1. The molecule has 0 radical (unpaired) electrons. The summed E-state index contributed by atoms with van der Waals surface area (Å²) in [4.78, 5) is 23.3. The Morgan fingerprint density at radius 2 is 2.00 bits per heavy atom. The standard InChI is InChI=1S/C10H15NO5/c1-8(11-4-6-15-7-5-11)16-10(14)3-2-9(12)13/h2-3,8H,4-7H2,1H3,(H,12,13). The molecule has 0 aromatic carbocycles. The number of carboxylic acid groups (broad SMARTS) is 1. The first kappa shape index (κ1) is 12.7. The Morgan fingerprint density at radius 3 is 2.56 bits per heavy atom. The van der Waals surface area contributed by atoms with E-state index < -0.39 is 11.9 Å². The highest BCUT2D eigenvalue weighted by Gasteiger charge is 2.19. The zero-order valence-electron chi connectivity index (χ0n) is 9.09. The smallest absolute Gasteiger partial charge is 0.332 e. The summed E-state index contributed by atoms with van der Waals surface area (Å²) < 4.78 is 10.2. The molecule has 1 unspecified atom stereocenters. The predicted octanol–water partition coefficient (Wildman–Crippen LogP) is -0.151. The van der Waals surface area contributed by atoms with Gasteiger partial charge in [-0.1, -0.05) is 0 Å². The maximum absolute atomic E-state index is 11.2. The van der Waals surface area contributed by atoms with Crippen molar-refractivity contribution < 1.29 is 24.2 Å². The predicted molar refractivity (Wildman–Crippen MR) is 54.7 cm³/mol. The SMILES string of the molecule is CC(OC(=O)C=CC(=O)O)N1CCOCC1. The monoisotopic (exact) mass is 229 g/mol. The maximum Gasteiger partial charge on any atom is 0.332 e. The van der Waals surface area contributed by atoms with Crippen molar-refractivity contribution in [2.24, 2.45) is 0 Å². The van der Waals surface area contributed by atoms with E-state index in [0.29, 0.717) is 26.3 Å². The summed E-state index contributed by atoms with van der Waals surface area (Å²) >= 11 is 0. The topological polar surface area (TPSA) is 76.1 Å². The van der Waals surface area contributed by atoms with Gasteiger partial charge in [-0.25, -0.2) is 9.59 Å². The molecule has 1 fully saturated rings. The molecule has 90 valence electrons. The second kappa shape index (κ2) is 6.24. The van der Waals surface area contributed by atoms with Crippen LogP contribution in [0.4, 0.5) is 0 Å². The van der Waals surface area contributed by atoms with E-state index in [0.717, 1.165) is 12.2 Å². The van der Waals surface area contributed by atoms with Crippen molar-refractivity contribution in [3.63, 3.8) is 0 Å². The lowest BCUT2D eigenvalue weighted by atomic mass is 10.4. The molecule has 1 rings (SSSR count). The molecule has 0 saturated carbocycles. The molecular weight excluding hydrogens is 214 g/mol. The van der Waals surface area contributed by atoms with Gasteiger partial charge in [0.25, 0.3) is 0 Å². The number of hydrogen-bond acceptors (Lipinski definition) is 5. The number of aliphatic carboxylic acids is 1. The van der Waals surface area contributed by atoms with Gasteiger partial charge in [-0.2, -0.15) is 0 Å². The van der Waals surface area contributed by atoms with E-state index in [1.807, 2.05) is 4.90 Å². The highest BCUT2D eigenvalue weighted by atomic mass is 16.6. The molecule has 0 aromatic rings. The van der Waals surface area contributed by atoms with Gasteiger partial charge in [0.15, 0.2) is 6.23 Å². The first-order valence-electron chi connectivity index (χ1n) is 5.03. The Morgan fingerprint density at radius 1 is 1.38 bits per heavy atom. The van der Waals surface area contributed by atoms with Gasteiger partial charge in [-0.05, 0) is 6.92 Å². The average molecular weight is 229 g/mol. The number of nitrogens with zero attached hydrogens (tertiary/aromatic N) is 1. The van der Waals surface area contributed by atoms with E-state index >= 15 is 0 Å². The summed E-state index contributed by atoms with van der Waals surface area (Å²) in [6, 6.07) is 0. The Balaban J connectivity index is 2.34. The Hall–Kier alpha value is -1.40. The van der Waals surface area contributed by atoms with Gasteiger partial charge in [0, 0.05) is 25.2 Å². The largest absolute Gasteiger partial charge is 0.478 e. The van der Waals surface area contributed by atoms with Crippen molar-refractivity contribution in [3.8, 4) is 0 Å². The van der Waals surface area contributed by atoms with E-state index in [1.54, 1.807) is 6.92 Å². The summed E-state index contributed by atoms with van der Waals surface area (Å²) in [5.74, 6) is -1.82. The van der Waals surface area contributed by atoms with Crippen LogP contribution in [0.15, 0.2) is 12.2 Å². The zero-order valence-corrected chi connectivity index (χ0v) is 9.09. The molecule has 1 atom stereocenters. The molecule has 0 spiro atoms. The normalized spacial score (nSPS) is 19.6. The van der Waals surface area contributed by atoms with E-state index in [9.17, 15) is 9.59 Å². The number of carbonyl (C=O) groups is 2. The van der Waals surface area contributed by atoms with Crippen LogP contribution in [0.25, 0.3) is 0 Å². The first-order chi connectivity index (χ1) is 7.59. The lowest BCUT2D eigenvalue weighted by Crippen LogP contribution is -2.44. The van der Waals surface area contributed by atoms with Crippen LogP contribution in [-0.2, 0) is 19.1 Å². The van der Waals surface area contributed by atoms with Crippen LogP contribution in [0.2, 0.25) is 0 Å². The van der Waals surface area contributed by atoms with Crippen molar-refractivity contribution in [1.82, 2.24) is 4.90 Å². The van der Waals surface area contributed by atoms with Crippen molar-refractivity contribution in [1.29, 1.82) is 0 Å². The number of ether oxygens (including phenoxy) is 2.